The Morgan fingerprint density at radius 3 is 2.35 bits per heavy atom. The quantitative estimate of drug-likeness (QED) is 0.838. The lowest BCUT2D eigenvalue weighted by atomic mass is 10.0. The van der Waals surface area contributed by atoms with Crippen molar-refractivity contribution >= 4 is 18.4 Å². The number of carbonyl (C=O) groups is 1. The number of methoxy groups -OCH3 is 1. The summed E-state index contributed by atoms with van der Waals surface area (Å²) < 4.78 is 42.0. The Bertz CT molecular complexity index is 395. The van der Waals surface area contributed by atoms with E-state index in [0.29, 0.717) is 0 Å². The van der Waals surface area contributed by atoms with Gasteiger partial charge in [-0.1, -0.05) is 18.2 Å². The van der Waals surface area contributed by atoms with Crippen LogP contribution in [0.5, 0.6) is 0 Å². The number of alkyl halides is 3. The maximum absolute atomic E-state index is 12.6. The first kappa shape index (κ1) is 15.7. The van der Waals surface area contributed by atoms with E-state index in [2.05, 4.69) is 4.74 Å². The van der Waals surface area contributed by atoms with Gasteiger partial charge in [-0.15, -0.1) is 12.4 Å². The van der Waals surface area contributed by atoms with E-state index in [0.717, 1.165) is 19.2 Å². The molecule has 96 valence electrons. The third-order valence-corrected chi connectivity index (χ3v) is 2.06. The summed E-state index contributed by atoms with van der Waals surface area (Å²) in [6, 6.07) is 3.22. The minimum Gasteiger partial charge on any atom is -0.468 e. The highest BCUT2D eigenvalue weighted by atomic mass is 35.5. The Labute approximate surface area is 102 Å². The fourth-order valence-electron chi connectivity index (χ4n) is 1.28. The van der Waals surface area contributed by atoms with Crippen molar-refractivity contribution in [3.63, 3.8) is 0 Å². The highest BCUT2D eigenvalue weighted by molar-refractivity contribution is 5.85. The second-order valence-electron chi connectivity index (χ2n) is 3.09. The third kappa shape index (κ3) is 3.61. The number of hydrogen-bond donors (Lipinski definition) is 1. The van der Waals surface area contributed by atoms with Crippen LogP contribution in [0.25, 0.3) is 0 Å². The molecule has 0 heterocycles. The Hall–Kier alpha value is -1.27. The molecule has 0 spiro atoms. The van der Waals surface area contributed by atoms with Gasteiger partial charge in [-0.25, -0.2) is 0 Å². The van der Waals surface area contributed by atoms with E-state index in [1.807, 2.05) is 0 Å². The van der Waals surface area contributed by atoms with Crippen molar-refractivity contribution in [2.75, 3.05) is 7.11 Å². The molecule has 0 saturated heterocycles. The summed E-state index contributed by atoms with van der Waals surface area (Å²) in [4.78, 5) is 11.1. The highest BCUT2D eigenvalue weighted by Gasteiger charge is 2.35. The lowest BCUT2D eigenvalue weighted by Crippen LogP contribution is -2.25. The van der Waals surface area contributed by atoms with Crippen LogP contribution in [0.4, 0.5) is 13.2 Å². The zero-order chi connectivity index (χ0) is 12.3. The van der Waals surface area contributed by atoms with Crippen LogP contribution >= 0.6 is 12.4 Å². The summed E-state index contributed by atoms with van der Waals surface area (Å²) in [6.07, 6.45) is -4.54. The summed E-state index contributed by atoms with van der Waals surface area (Å²) in [7, 11) is 1.07. The van der Waals surface area contributed by atoms with Gasteiger partial charge < -0.3 is 10.5 Å². The number of hydrogen-bond acceptors (Lipinski definition) is 3. The fourth-order valence-corrected chi connectivity index (χ4v) is 1.28. The summed E-state index contributed by atoms with van der Waals surface area (Å²) in [5, 5.41) is 0. The lowest BCUT2D eigenvalue weighted by molar-refractivity contribution is -0.144. The zero-order valence-electron chi connectivity index (χ0n) is 8.82. The van der Waals surface area contributed by atoms with Crippen LogP contribution < -0.4 is 5.73 Å². The Balaban J connectivity index is 0.00000256. The maximum atomic E-state index is 12.6. The van der Waals surface area contributed by atoms with Crippen LogP contribution in [0.3, 0.4) is 0 Å². The molecule has 0 bridgehead atoms. The zero-order valence-corrected chi connectivity index (χ0v) is 9.64. The molecule has 7 heteroatoms. The van der Waals surface area contributed by atoms with Crippen molar-refractivity contribution in [1.82, 2.24) is 0 Å². The summed E-state index contributed by atoms with van der Waals surface area (Å²) in [5.41, 5.74) is 4.16. The van der Waals surface area contributed by atoms with E-state index < -0.39 is 23.8 Å². The van der Waals surface area contributed by atoms with E-state index in [9.17, 15) is 18.0 Å². The first-order valence-electron chi connectivity index (χ1n) is 4.37. The van der Waals surface area contributed by atoms with Crippen LogP contribution in [-0.2, 0) is 15.7 Å². The molecule has 17 heavy (non-hydrogen) atoms. The molecule has 0 aliphatic rings. The first-order chi connectivity index (χ1) is 7.38. The number of halogens is 4. The molecule has 1 atom stereocenters. The van der Waals surface area contributed by atoms with Gasteiger partial charge in [-0.05, 0) is 11.6 Å². The largest absolute Gasteiger partial charge is 0.468 e. The second kappa shape index (κ2) is 5.88. The number of ether oxygens (including phenoxy) is 1. The minimum atomic E-state index is -4.54. The SMILES string of the molecule is COC(=O)[C@H](N)c1ccccc1C(F)(F)F.Cl. The van der Waals surface area contributed by atoms with Crippen molar-refractivity contribution < 1.29 is 22.7 Å². The molecule has 0 aliphatic carbocycles. The van der Waals surface area contributed by atoms with E-state index in [1.54, 1.807) is 0 Å². The molecule has 0 aliphatic heterocycles. The molecule has 1 aromatic rings. The van der Waals surface area contributed by atoms with Crippen molar-refractivity contribution in [3.8, 4) is 0 Å². The van der Waals surface area contributed by atoms with Crippen LogP contribution in [0.2, 0.25) is 0 Å². The molecule has 0 aromatic heterocycles. The van der Waals surface area contributed by atoms with Gasteiger partial charge in [-0.2, -0.15) is 13.2 Å². The molecule has 0 radical (unpaired) electrons. The number of nitrogens with two attached hydrogens (primary N) is 1. The minimum absolute atomic E-state index is 0. The van der Waals surface area contributed by atoms with Gasteiger partial charge in [0.1, 0.15) is 6.04 Å². The fraction of sp³-hybridized carbons (Fsp3) is 0.300. The van der Waals surface area contributed by atoms with Gasteiger partial charge >= 0.3 is 12.1 Å². The Morgan fingerprint density at radius 2 is 1.88 bits per heavy atom. The average Bonchev–Trinajstić information content (AvgIpc) is 2.26. The van der Waals surface area contributed by atoms with E-state index >= 15 is 0 Å². The van der Waals surface area contributed by atoms with E-state index in [-0.39, 0.29) is 18.0 Å². The van der Waals surface area contributed by atoms with Crippen LogP contribution in [-0.4, -0.2) is 13.1 Å². The number of benzene rings is 1. The van der Waals surface area contributed by atoms with E-state index in [4.69, 9.17) is 5.73 Å². The number of esters is 1. The van der Waals surface area contributed by atoms with Crippen LogP contribution in [0.15, 0.2) is 24.3 Å². The predicted octanol–water partition coefficient (Wildman–Crippen LogP) is 2.30. The van der Waals surface area contributed by atoms with Crippen molar-refractivity contribution in [3.05, 3.63) is 35.4 Å². The van der Waals surface area contributed by atoms with Crippen LogP contribution in [0.1, 0.15) is 17.2 Å². The summed E-state index contributed by atoms with van der Waals surface area (Å²) in [6.45, 7) is 0. The Kier molecular flexibility index (Phi) is 5.44. The highest BCUT2D eigenvalue weighted by Crippen LogP contribution is 2.34. The molecule has 0 unspecified atom stereocenters. The average molecular weight is 270 g/mol. The van der Waals surface area contributed by atoms with Crippen molar-refractivity contribution in [1.29, 1.82) is 0 Å². The van der Waals surface area contributed by atoms with E-state index in [1.165, 1.54) is 12.1 Å². The second-order valence-corrected chi connectivity index (χ2v) is 3.09. The molecular formula is C10H11ClF3NO2. The van der Waals surface area contributed by atoms with Gasteiger partial charge in [-0.3, -0.25) is 4.79 Å². The van der Waals surface area contributed by atoms with Gasteiger partial charge in [0.2, 0.25) is 0 Å². The number of rotatable bonds is 2. The number of carbonyl (C=O) groups excluding carboxylic acids is 1. The predicted molar refractivity (Wildman–Crippen MR) is 57.6 cm³/mol. The van der Waals surface area contributed by atoms with Crippen molar-refractivity contribution in [2.45, 2.75) is 12.2 Å². The monoisotopic (exact) mass is 269 g/mol. The molecule has 1 aromatic carbocycles. The van der Waals surface area contributed by atoms with Gasteiger partial charge in [0.15, 0.2) is 0 Å². The maximum Gasteiger partial charge on any atom is 0.416 e. The molecule has 0 fully saturated rings. The summed E-state index contributed by atoms with van der Waals surface area (Å²) >= 11 is 0. The molecule has 1 rings (SSSR count). The summed E-state index contributed by atoms with van der Waals surface area (Å²) in [5.74, 6) is -0.906. The first-order valence-corrected chi connectivity index (χ1v) is 4.37. The lowest BCUT2D eigenvalue weighted by Gasteiger charge is -2.16. The molecular weight excluding hydrogens is 259 g/mol. The Morgan fingerprint density at radius 1 is 1.35 bits per heavy atom. The van der Waals surface area contributed by atoms with Gasteiger partial charge in [0.25, 0.3) is 0 Å². The van der Waals surface area contributed by atoms with Gasteiger partial charge in [0.05, 0.1) is 12.7 Å². The smallest absolute Gasteiger partial charge is 0.416 e. The molecule has 3 nitrogen and oxygen atoms in total. The van der Waals surface area contributed by atoms with Crippen molar-refractivity contribution in [2.24, 2.45) is 5.73 Å². The molecule has 2 N–H and O–H groups in total. The standard InChI is InChI=1S/C10H10F3NO2.ClH/c1-16-9(15)8(14)6-4-2-3-5-7(6)10(11,12)13;/h2-5,8H,14H2,1H3;1H/t8-;/m1./s1. The normalized spacial score (nSPS) is 12.5. The molecule has 0 saturated carbocycles. The molecule has 0 amide bonds. The van der Waals surface area contributed by atoms with Gasteiger partial charge in [0, 0.05) is 0 Å². The third-order valence-electron chi connectivity index (χ3n) is 2.06. The topological polar surface area (TPSA) is 52.3 Å². The van der Waals surface area contributed by atoms with Crippen LogP contribution in [0, 0.1) is 0 Å².